The zero-order chi connectivity index (χ0) is 42.9. The molecule has 0 spiro atoms. The number of fused-ring (bicyclic) bond motifs is 7. The molecule has 1 aliphatic carbocycles. The monoisotopic (exact) mass is 822 g/mol. The molecule has 10 aromatic carbocycles. The van der Waals surface area contributed by atoms with E-state index in [0.717, 1.165) is 61.4 Å². The molecule has 0 radical (unpaired) electrons. The summed E-state index contributed by atoms with van der Waals surface area (Å²) in [7, 11) is 0. The van der Waals surface area contributed by atoms with Crippen molar-refractivity contribution >= 4 is 49.5 Å². The zero-order valence-electron chi connectivity index (χ0n) is 35.6. The van der Waals surface area contributed by atoms with Crippen molar-refractivity contribution in [3.8, 4) is 50.3 Å². The fourth-order valence-electron chi connectivity index (χ4n) is 10.4. The smallest absolute Gasteiger partial charge is 0.123 e. The highest BCUT2D eigenvalue weighted by atomic mass is 19.1. The molecule has 0 saturated heterocycles. The Kier molecular flexibility index (Phi) is 8.74. The molecule has 11 aromatic rings. The van der Waals surface area contributed by atoms with E-state index >= 15 is 0 Å². The van der Waals surface area contributed by atoms with Crippen LogP contribution in [0.3, 0.4) is 0 Å². The van der Waals surface area contributed by atoms with Gasteiger partial charge in [-0.15, -0.1) is 0 Å². The Morgan fingerprint density at radius 1 is 0.422 bits per heavy atom. The number of hydrogen-bond donors (Lipinski definition) is 0. The van der Waals surface area contributed by atoms with E-state index in [4.69, 9.17) is 0 Å². The van der Waals surface area contributed by atoms with E-state index in [2.05, 4.69) is 224 Å². The van der Waals surface area contributed by atoms with Gasteiger partial charge in [-0.3, -0.25) is 0 Å². The van der Waals surface area contributed by atoms with Crippen LogP contribution in [0.1, 0.15) is 25.0 Å². The topological polar surface area (TPSA) is 8.17 Å². The summed E-state index contributed by atoms with van der Waals surface area (Å²) in [6.45, 7) is 4.75. The highest BCUT2D eigenvalue weighted by Crippen LogP contribution is 2.53. The van der Waals surface area contributed by atoms with Crippen LogP contribution in [0.25, 0.3) is 82.8 Å². The number of hydrogen-bond acceptors (Lipinski definition) is 1. The summed E-state index contributed by atoms with van der Waals surface area (Å²) in [6.07, 6.45) is 0. The van der Waals surface area contributed by atoms with E-state index in [1.54, 1.807) is 12.1 Å². The SMILES string of the molecule is CC1(C)c2cc(-c3cc4c(-c5ccccc5)c(-c5ccccc5)n(-c5ccc(F)cc5)c4c4ccccc34)ccc2-c2ccc(N(c3ccccc3)c3cccc4ccccc34)cc21. The predicted octanol–water partition coefficient (Wildman–Crippen LogP) is 16.9. The molecule has 0 atom stereocenters. The maximum absolute atomic E-state index is 14.6. The van der Waals surface area contributed by atoms with Crippen molar-refractivity contribution in [2.45, 2.75) is 19.3 Å². The third kappa shape index (κ3) is 5.92. The molecular weight excluding hydrogens is 780 g/mol. The molecule has 1 heterocycles. The molecule has 0 fully saturated rings. The van der Waals surface area contributed by atoms with Crippen LogP contribution < -0.4 is 4.90 Å². The first-order valence-corrected chi connectivity index (χ1v) is 22.0. The molecule has 0 amide bonds. The summed E-state index contributed by atoms with van der Waals surface area (Å²) in [5, 5.41) is 5.88. The molecule has 0 N–H and O–H groups in total. The van der Waals surface area contributed by atoms with Gasteiger partial charge < -0.3 is 9.47 Å². The van der Waals surface area contributed by atoms with Crippen molar-refractivity contribution in [3.05, 3.63) is 241 Å². The van der Waals surface area contributed by atoms with Gasteiger partial charge in [0, 0.05) is 44.2 Å². The van der Waals surface area contributed by atoms with E-state index < -0.39 is 0 Å². The first-order chi connectivity index (χ1) is 31.4. The van der Waals surface area contributed by atoms with Gasteiger partial charge in [0.2, 0.25) is 0 Å². The number of aromatic nitrogens is 1. The average molecular weight is 823 g/mol. The molecule has 64 heavy (non-hydrogen) atoms. The van der Waals surface area contributed by atoms with Gasteiger partial charge in [0.15, 0.2) is 0 Å². The Labute approximate surface area is 372 Å². The molecule has 0 saturated carbocycles. The van der Waals surface area contributed by atoms with Crippen LogP contribution >= 0.6 is 0 Å². The normalized spacial score (nSPS) is 12.7. The lowest BCUT2D eigenvalue weighted by Gasteiger charge is -2.29. The van der Waals surface area contributed by atoms with Crippen molar-refractivity contribution in [3.63, 3.8) is 0 Å². The summed E-state index contributed by atoms with van der Waals surface area (Å²) in [5.74, 6) is -0.256. The summed E-state index contributed by atoms with van der Waals surface area (Å²) >= 11 is 0. The van der Waals surface area contributed by atoms with Crippen LogP contribution in [0.15, 0.2) is 224 Å². The molecule has 0 aliphatic heterocycles. The zero-order valence-corrected chi connectivity index (χ0v) is 35.6. The second kappa shape index (κ2) is 14.8. The number of halogens is 1. The average Bonchev–Trinajstić information content (AvgIpc) is 3.81. The van der Waals surface area contributed by atoms with Crippen molar-refractivity contribution in [1.82, 2.24) is 4.57 Å². The lowest BCUT2D eigenvalue weighted by Crippen LogP contribution is -2.16. The van der Waals surface area contributed by atoms with Crippen LogP contribution in [0.2, 0.25) is 0 Å². The maximum Gasteiger partial charge on any atom is 0.123 e. The Morgan fingerprint density at radius 3 is 1.75 bits per heavy atom. The van der Waals surface area contributed by atoms with Gasteiger partial charge in [0.05, 0.1) is 16.9 Å². The molecule has 2 nitrogen and oxygen atoms in total. The summed E-state index contributed by atoms with van der Waals surface area (Å²) in [4.78, 5) is 2.40. The number of nitrogens with zero attached hydrogens (tertiary/aromatic N) is 2. The third-order valence-electron chi connectivity index (χ3n) is 13.4. The second-order valence-electron chi connectivity index (χ2n) is 17.4. The highest BCUT2D eigenvalue weighted by Gasteiger charge is 2.37. The van der Waals surface area contributed by atoms with E-state index in [1.807, 2.05) is 12.1 Å². The molecular formula is C61H43FN2. The first kappa shape index (κ1) is 37.7. The van der Waals surface area contributed by atoms with E-state index in [0.29, 0.717) is 0 Å². The van der Waals surface area contributed by atoms with E-state index in [1.165, 1.54) is 49.5 Å². The van der Waals surface area contributed by atoms with Crippen LogP contribution in [0, 0.1) is 5.82 Å². The number of benzene rings is 10. The van der Waals surface area contributed by atoms with Gasteiger partial charge in [-0.1, -0.05) is 172 Å². The van der Waals surface area contributed by atoms with Crippen molar-refractivity contribution < 1.29 is 4.39 Å². The fourth-order valence-corrected chi connectivity index (χ4v) is 10.4. The predicted molar refractivity (Wildman–Crippen MR) is 267 cm³/mol. The third-order valence-corrected chi connectivity index (χ3v) is 13.4. The summed E-state index contributed by atoms with van der Waals surface area (Å²) in [5.41, 5.74) is 17.1. The standard InChI is InChI=1S/C61H43FN2/c1-61(2)55-37-43(29-35-50(55)51-36-34-47(38-56(51)61)63(45-23-10-5-11-24-45)57-28-16-22-40-17-12-13-25-48(40)57)53-39-54-58(41-18-6-3-7-19-41)59(42-20-8-4-9-21-42)64(46-32-30-44(62)31-33-46)60(54)52-27-15-14-26-49(52)53/h3-39H,1-2H3. The lowest BCUT2D eigenvalue weighted by atomic mass is 9.81. The largest absolute Gasteiger partial charge is 0.310 e. The summed E-state index contributed by atoms with van der Waals surface area (Å²) in [6, 6.07) is 79.5. The molecule has 0 unspecified atom stereocenters. The fraction of sp³-hybridized carbons (Fsp3) is 0.0492. The Bertz CT molecular complexity index is 3560. The molecule has 1 aromatic heterocycles. The molecule has 12 rings (SSSR count). The van der Waals surface area contributed by atoms with E-state index in [-0.39, 0.29) is 11.2 Å². The van der Waals surface area contributed by atoms with Crippen LogP contribution in [-0.2, 0) is 5.41 Å². The Balaban J connectivity index is 1.06. The van der Waals surface area contributed by atoms with Crippen molar-refractivity contribution in [1.29, 1.82) is 0 Å². The maximum atomic E-state index is 14.6. The summed E-state index contributed by atoms with van der Waals surface area (Å²) < 4.78 is 16.9. The minimum Gasteiger partial charge on any atom is -0.310 e. The molecule has 3 heteroatoms. The van der Waals surface area contributed by atoms with E-state index in [9.17, 15) is 4.39 Å². The first-order valence-electron chi connectivity index (χ1n) is 22.0. The number of anilines is 3. The minimum atomic E-state index is -0.278. The quantitative estimate of drug-likeness (QED) is 0.155. The highest BCUT2D eigenvalue weighted by molar-refractivity contribution is 6.20. The minimum absolute atomic E-state index is 0.256. The Hall–Kier alpha value is -8.01. The van der Waals surface area contributed by atoms with Crippen LogP contribution in [-0.4, -0.2) is 4.57 Å². The van der Waals surface area contributed by atoms with Crippen molar-refractivity contribution in [2.75, 3.05) is 4.90 Å². The van der Waals surface area contributed by atoms with Crippen LogP contribution in [0.4, 0.5) is 21.5 Å². The van der Waals surface area contributed by atoms with Crippen molar-refractivity contribution in [2.24, 2.45) is 0 Å². The van der Waals surface area contributed by atoms with Gasteiger partial charge in [0.1, 0.15) is 5.82 Å². The van der Waals surface area contributed by atoms with Gasteiger partial charge in [-0.25, -0.2) is 4.39 Å². The Morgan fingerprint density at radius 2 is 1.02 bits per heavy atom. The molecule has 0 bridgehead atoms. The number of para-hydroxylation sites is 1. The van der Waals surface area contributed by atoms with Gasteiger partial charge >= 0.3 is 0 Å². The van der Waals surface area contributed by atoms with Gasteiger partial charge in [-0.2, -0.15) is 0 Å². The van der Waals surface area contributed by atoms with Crippen LogP contribution in [0.5, 0.6) is 0 Å². The lowest BCUT2D eigenvalue weighted by molar-refractivity contribution is 0.627. The number of rotatable bonds is 7. The molecule has 1 aliphatic rings. The van der Waals surface area contributed by atoms with Gasteiger partial charge in [-0.05, 0) is 122 Å². The van der Waals surface area contributed by atoms with Gasteiger partial charge in [0.25, 0.3) is 0 Å². The molecule has 304 valence electrons. The second-order valence-corrected chi connectivity index (χ2v) is 17.4.